The molecular formula is C21H22N2O3. The molecule has 0 atom stereocenters. The Labute approximate surface area is 152 Å². The number of amides is 1. The van der Waals surface area contributed by atoms with Crippen LogP contribution in [0.25, 0.3) is 6.08 Å². The number of nitrogens with zero attached hydrogens (tertiary/aromatic N) is 2. The lowest BCUT2D eigenvalue weighted by Gasteiger charge is -2.16. The summed E-state index contributed by atoms with van der Waals surface area (Å²) < 4.78 is 0. The number of aromatic hydroxyl groups is 2. The maximum absolute atomic E-state index is 13.1. The Morgan fingerprint density at radius 2 is 1.81 bits per heavy atom. The smallest absolute Gasteiger partial charge is 0.280 e. The summed E-state index contributed by atoms with van der Waals surface area (Å²) >= 11 is 0. The number of carbonyl (C=O) groups is 1. The fourth-order valence-electron chi connectivity index (χ4n) is 2.92. The lowest BCUT2D eigenvalue weighted by Crippen LogP contribution is -2.22. The van der Waals surface area contributed by atoms with Crippen molar-refractivity contribution >= 4 is 23.4 Å². The van der Waals surface area contributed by atoms with Gasteiger partial charge in [0.2, 0.25) is 0 Å². The van der Waals surface area contributed by atoms with Crippen LogP contribution in [0.1, 0.15) is 30.5 Å². The second kappa shape index (κ2) is 6.67. The van der Waals surface area contributed by atoms with Crippen LogP contribution in [0.15, 0.2) is 47.1 Å². The molecule has 2 aromatic rings. The predicted octanol–water partition coefficient (Wildman–Crippen LogP) is 4.16. The molecule has 2 N–H and O–H groups in total. The number of rotatable bonds is 3. The third kappa shape index (κ3) is 3.08. The van der Waals surface area contributed by atoms with Crippen LogP contribution >= 0.6 is 0 Å². The third-order valence-corrected chi connectivity index (χ3v) is 4.57. The van der Waals surface area contributed by atoms with E-state index in [2.05, 4.69) is 5.10 Å². The lowest BCUT2D eigenvalue weighted by molar-refractivity contribution is -0.114. The van der Waals surface area contributed by atoms with Crippen LogP contribution in [0, 0.1) is 19.8 Å². The van der Waals surface area contributed by atoms with E-state index >= 15 is 0 Å². The van der Waals surface area contributed by atoms with Crippen molar-refractivity contribution in [3.8, 4) is 11.5 Å². The van der Waals surface area contributed by atoms with Gasteiger partial charge in [0.1, 0.15) is 0 Å². The fourth-order valence-corrected chi connectivity index (χ4v) is 2.92. The van der Waals surface area contributed by atoms with Crippen molar-refractivity contribution in [2.24, 2.45) is 11.0 Å². The zero-order valence-corrected chi connectivity index (χ0v) is 15.3. The normalized spacial score (nSPS) is 15.9. The van der Waals surface area contributed by atoms with Crippen LogP contribution in [0.2, 0.25) is 0 Å². The molecule has 0 spiro atoms. The van der Waals surface area contributed by atoms with Crippen molar-refractivity contribution in [2.75, 3.05) is 5.01 Å². The first-order valence-electron chi connectivity index (χ1n) is 8.52. The van der Waals surface area contributed by atoms with E-state index in [9.17, 15) is 15.0 Å². The highest BCUT2D eigenvalue weighted by Crippen LogP contribution is 2.32. The first kappa shape index (κ1) is 17.7. The van der Waals surface area contributed by atoms with Crippen molar-refractivity contribution in [3.63, 3.8) is 0 Å². The lowest BCUT2D eigenvalue weighted by atomic mass is 9.98. The van der Waals surface area contributed by atoms with Crippen molar-refractivity contribution in [3.05, 3.63) is 58.7 Å². The Morgan fingerprint density at radius 1 is 1.08 bits per heavy atom. The van der Waals surface area contributed by atoms with Gasteiger partial charge in [0, 0.05) is 0 Å². The van der Waals surface area contributed by atoms with Crippen molar-refractivity contribution in [1.82, 2.24) is 0 Å². The van der Waals surface area contributed by atoms with E-state index in [1.165, 1.54) is 17.1 Å². The summed E-state index contributed by atoms with van der Waals surface area (Å²) in [5.41, 5.74) is 4.69. The molecule has 2 aromatic carbocycles. The number of phenols is 2. The molecule has 1 aliphatic rings. The first-order chi connectivity index (χ1) is 12.3. The Hall–Kier alpha value is -3.08. The molecule has 0 radical (unpaired) electrons. The van der Waals surface area contributed by atoms with Crippen LogP contribution in [0.3, 0.4) is 0 Å². The average molecular weight is 350 g/mol. The molecule has 1 heterocycles. The second-order valence-electron chi connectivity index (χ2n) is 6.78. The summed E-state index contributed by atoms with van der Waals surface area (Å²) in [4.78, 5) is 13.1. The summed E-state index contributed by atoms with van der Waals surface area (Å²) in [5.74, 6) is -0.556. The van der Waals surface area contributed by atoms with Gasteiger partial charge >= 0.3 is 0 Å². The maximum Gasteiger partial charge on any atom is 0.280 e. The fraction of sp³-hybridized carbons (Fsp3) is 0.238. The van der Waals surface area contributed by atoms with E-state index in [0.29, 0.717) is 16.8 Å². The zero-order chi connectivity index (χ0) is 19.0. The van der Waals surface area contributed by atoms with E-state index in [1.54, 1.807) is 12.1 Å². The number of carbonyl (C=O) groups excluding carboxylic acids is 1. The molecular weight excluding hydrogens is 328 g/mol. The minimum atomic E-state index is -0.223. The van der Waals surface area contributed by atoms with Crippen LogP contribution in [0.4, 0.5) is 5.69 Å². The van der Waals surface area contributed by atoms with E-state index in [4.69, 9.17) is 0 Å². The van der Waals surface area contributed by atoms with Gasteiger partial charge in [-0.05, 0) is 60.7 Å². The second-order valence-corrected chi connectivity index (χ2v) is 6.78. The molecule has 3 rings (SSSR count). The Morgan fingerprint density at radius 3 is 2.46 bits per heavy atom. The molecule has 0 saturated heterocycles. The first-order valence-corrected chi connectivity index (χ1v) is 8.52. The molecule has 1 aliphatic heterocycles. The Bertz CT molecular complexity index is 942. The van der Waals surface area contributed by atoms with Gasteiger partial charge in [-0.2, -0.15) is 10.1 Å². The Balaban J connectivity index is 2.08. The standard InChI is InChI=1S/C21H22N2O3/c1-12(2)20-16(10-15-8-9-18(24)19(25)11-15)21(26)23(22-20)17-7-5-6-13(3)14(17)4/h5-12,24-25H,1-4H3. The minimum absolute atomic E-state index is 0.0611. The number of hydrogen-bond acceptors (Lipinski definition) is 4. The van der Waals surface area contributed by atoms with Gasteiger partial charge in [-0.15, -0.1) is 0 Å². The average Bonchev–Trinajstić information content (AvgIpc) is 2.91. The molecule has 0 unspecified atom stereocenters. The molecule has 0 fully saturated rings. The largest absolute Gasteiger partial charge is 0.504 e. The molecule has 0 saturated carbocycles. The highest BCUT2D eigenvalue weighted by molar-refractivity contribution is 6.33. The molecule has 0 aliphatic carbocycles. The maximum atomic E-state index is 13.1. The number of phenolic OH excluding ortho intramolecular Hbond substituents is 2. The third-order valence-electron chi connectivity index (χ3n) is 4.57. The van der Waals surface area contributed by atoms with E-state index in [-0.39, 0.29) is 23.3 Å². The summed E-state index contributed by atoms with van der Waals surface area (Å²) in [6.45, 7) is 7.95. The number of anilines is 1. The van der Waals surface area contributed by atoms with Gasteiger partial charge in [0.15, 0.2) is 11.5 Å². The van der Waals surface area contributed by atoms with E-state index < -0.39 is 0 Å². The van der Waals surface area contributed by atoms with Crippen LogP contribution in [0.5, 0.6) is 11.5 Å². The van der Waals surface area contributed by atoms with Gasteiger partial charge in [-0.3, -0.25) is 4.79 Å². The number of benzene rings is 2. The number of hydrogen-bond donors (Lipinski definition) is 2. The van der Waals surface area contributed by atoms with Gasteiger partial charge in [-0.25, -0.2) is 0 Å². The SMILES string of the molecule is Cc1cccc(N2N=C(C(C)C)C(=Cc3ccc(O)c(O)c3)C2=O)c1C. The quantitative estimate of drug-likeness (QED) is 0.645. The minimum Gasteiger partial charge on any atom is -0.504 e. The Kier molecular flexibility index (Phi) is 4.55. The van der Waals surface area contributed by atoms with E-state index in [1.807, 2.05) is 45.9 Å². The van der Waals surface area contributed by atoms with Gasteiger partial charge in [0.25, 0.3) is 5.91 Å². The highest BCUT2D eigenvalue weighted by Gasteiger charge is 2.33. The van der Waals surface area contributed by atoms with Gasteiger partial charge < -0.3 is 10.2 Å². The van der Waals surface area contributed by atoms with Crippen molar-refractivity contribution < 1.29 is 15.0 Å². The topological polar surface area (TPSA) is 73.1 Å². The van der Waals surface area contributed by atoms with Crippen molar-refractivity contribution in [2.45, 2.75) is 27.7 Å². The van der Waals surface area contributed by atoms with Gasteiger partial charge in [-0.1, -0.05) is 32.0 Å². The molecule has 1 amide bonds. The van der Waals surface area contributed by atoms with Crippen LogP contribution in [-0.2, 0) is 4.79 Å². The zero-order valence-electron chi connectivity index (χ0n) is 15.3. The summed E-state index contributed by atoms with van der Waals surface area (Å²) in [5, 5.41) is 25.2. The molecule has 5 nitrogen and oxygen atoms in total. The summed E-state index contributed by atoms with van der Waals surface area (Å²) in [7, 11) is 0. The monoisotopic (exact) mass is 350 g/mol. The predicted molar refractivity (Wildman–Crippen MR) is 103 cm³/mol. The molecule has 0 aromatic heterocycles. The molecule has 134 valence electrons. The van der Waals surface area contributed by atoms with E-state index in [0.717, 1.165) is 16.8 Å². The summed E-state index contributed by atoms with van der Waals surface area (Å²) in [6.07, 6.45) is 1.70. The summed E-state index contributed by atoms with van der Waals surface area (Å²) in [6, 6.07) is 10.3. The van der Waals surface area contributed by atoms with Crippen LogP contribution < -0.4 is 5.01 Å². The van der Waals surface area contributed by atoms with Gasteiger partial charge in [0.05, 0.1) is 17.0 Å². The molecule has 0 bridgehead atoms. The van der Waals surface area contributed by atoms with Crippen molar-refractivity contribution in [1.29, 1.82) is 0 Å². The molecule has 5 heteroatoms. The molecule has 26 heavy (non-hydrogen) atoms. The highest BCUT2D eigenvalue weighted by atomic mass is 16.3. The van der Waals surface area contributed by atoms with Crippen LogP contribution in [-0.4, -0.2) is 21.8 Å². The number of hydrazone groups is 1. The number of aryl methyl sites for hydroxylation is 1.